The first-order valence-electron chi connectivity index (χ1n) is 4.78. The minimum absolute atomic E-state index is 0.0747. The van der Waals surface area contributed by atoms with E-state index in [0.717, 1.165) is 14.7 Å². The minimum atomic E-state index is -0.0747. The predicted octanol–water partition coefficient (Wildman–Crippen LogP) is 1.63. The van der Waals surface area contributed by atoms with Gasteiger partial charge in [-0.05, 0) is 34.2 Å². The molecular weight excluding hydrogens is 315 g/mol. The lowest BCUT2D eigenvalue weighted by molar-refractivity contribution is 0.629. The number of aromatic nitrogens is 2. The summed E-state index contributed by atoms with van der Waals surface area (Å²) < 4.78 is 1.16. The van der Waals surface area contributed by atoms with Crippen molar-refractivity contribution in [1.29, 1.82) is 0 Å². The molecule has 3 N–H and O–H groups in total. The van der Waals surface area contributed by atoms with E-state index in [1.54, 1.807) is 12.4 Å². The van der Waals surface area contributed by atoms with Crippen LogP contribution in [-0.4, -0.2) is 9.97 Å². The molecule has 1 unspecified atom stereocenters. The molecule has 16 heavy (non-hydrogen) atoms. The zero-order valence-electron chi connectivity index (χ0n) is 8.47. The van der Waals surface area contributed by atoms with Crippen molar-refractivity contribution in [3.05, 3.63) is 57.7 Å². The summed E-state index contributed by atoms with van der Waals surface area (Å²) in [6.45, 7) is 0. The summed E-state index contributed by atoms with van der Waals surface area (Å²) in [6.07, 6.45) is 5.04. The van der Waals surface area contributed by atoms with Crippen LogP contribution in [-0.2, 0) is 0 Å². The molecule has 0 spiro atoms. The fourth-order valence-electron chi connectivity index (χ4n) is 1.53. The summed E-state index contributed by atoms with van der Waals surface area (Å²) in [5, 5.41) is 0. The van der Waals surface area contributed by atoms with Crippen LogP contribution in [0.15, 0.2) is 43.0 Å². The van der Waals surface area contributed by atoms with Gasteiger partial charge in [-0.3, -0.25) is 5.84 Å². The lowest BCUT2D eigenvalue weighted by Crippen LogP contribution is -2.29. The zero-order valence-corrected chi connectivity index (χ0v) is 10.6. The van der Waals surface area contributed by atoms with Gasteiger partial charge in [0.25, 0.3) is 0 Å². The van der Waals surface area contributed by atoms with Crippen LogP contribution < -0.4 is 11.3 Å². The van der Waals surface area contributed by atoms with Gasteiger partial charge in [0.05, 0.1) is 6.04 Å². The van der Waals surface area contributed by atoms with Crippen molar-refractivity contribution in [3.8, 4) is 0 Å². The van der Waals surface area contributed by atoms with E-state index in [1.807, 2.05) is 24.3 Å². The molecule has 0 radical (unpaired) electrons. The van der Waals surface area contributed by atoms with Gasteiger partial charge in [0.1, 0.15) is 6.33 Å². The fraction of sp³-hybridized carbons (Fsp3) is 0.0909. The van der Waals surface area contributed by atoms with E-state index in [4.69, 9.17) is 5.84 Å². The Morgan fingerprint density at radius 1 is 1.19 bits per heavy atom. The Labute approximate surface area is 107 Å². The number of nitrogens with two attached hydrogens (primary N) is 1. The highest BCUT2D eigenvalue weighted by atomic mass is 127. The maximum absolute atomic E-state index is 5.60. The third-order valence-electron chi connectivity index (χ3n) is 2.30. The van der Waals surface area contributed by atoms with E-state index in [2.05, 4.69) is 38.0 Å². The Kier molecular flexibility index (Phi) is 3.81. The molecule has 0 saturated carbocycles. The number of hydrogen-bond acceptors (Lipinski definition) is 4. The number of rotatable bonds is 3. The molecule has 1 atom stereocenters. The molecule has 82 valence electrons. The topological polar surface area (TPSA) is 63.8 Å². The highest BCUT2D eigenvalue weighted by Crippen LogP contribution is 2.24. The molecule has 2 rings (SSSR count). The quantitative estimate of drug-likeness (QED) is 0.511. The minimum Gasteiger partial charge on any atom is -0.271 e. The van der Waals surface area contributed by atoms with Crippen LogP contribution in [0.1, 0.15) is 17.2 Å². The first-order chi connectivity index (χ1) is 7.83. The molecule has 5 heteroatoms. The van der Waals surface area contributed by atoms with Crippen molar-refractivity contribution < 1.29 is 0 Å². The van der Waals surface area contributed by atoms with E-state index in [0.29, 0.717) is 0 Å². The second-order valence-electron chi connectivity index (χ2n) is 3.29. The van der Waals surface area contributed by atoms with E-state index in [1.165, 1.54) is 6.33 Å². The third kappa shape index (κ3) is 2.37. The van der Waals surface area contributed by atoms with E-state index in [-0.39, 0.29) is 6.04 Å². The van der Waals surface area contributed by atoms with Crippen LogP contribution in [0.3, 0.4) is 0 Å². The van der Waals surface area contributed by atoms with Gasteiger partial charge >= 0.3 is 0 Å². The Morgan fingerprint density at radius 2 is 1.88 bits per heavy atom. The molecule has 1 aromatic carbocycles. The van der Waals surface area contributed by atoms with E-state index >= 15 is 0 Å². The number of hydrazine groups is 1. The standard InChI is InChI=1S/C11H11IN4/c12-10-4-2-1-3-9(10)11(16-13)8-5-14-7-15-6-8/h1-7,11,16H,13H2. The normalized spacial score (nSPS) is 12.4. The molecule has 0 fully saturated rings. The monoisotopic (exact) mass is 326 g/mol. The number of nitrogens with one attached hydrogen (secondary N) is 1. The smallest absolute Gasteiger partial charge is 0.115 e. The molecule has 1 aromatic heterocycles. The zero-order chi connectivity index (χ0) is 11.4. The molecule has 0 saturated heterocycles. The van der Waals surface area contributed by atoms with Crippen molar-refractivity contribution in [2.24, 2.45) is 5.84 Å². The van der Waals surface area contributed by atoms with Crippen LogP contribution >= 0.6 is 22.6 Å². The second-order valence-corrected chi connectivity index (χ2v) is 4.46. The molecule has 0 bridgehead atoms. The Morgan fingerprint density at radius 3 is 2.50 bits per heavy atom. The second kappa shape index (κ2) is 5.33. The molecule has 0 aliphatic rings. The van der Waals surface area contributed by atoms with Crippen molar-refractivity contribution in [3.63, 3.8) is 0 Å². The Hall–Kier alpha value is -1.05. The van der Waals surface area contributed by atoms with Crippen molar-refractivity contribution >= 4 is 22.6 Å². The molecule has 1 heterocycles. The van der Waals surface area contributed by atoms with Crippen LogP contribution in [0.2, 0.25) is 0 Å². The molecule has 0 aliphatic heterocycles. The summed E-state index contributed by atoms with van der Waals surface area (Å²) >= 11 is 2.29. The summed E-state index contributed by atoms with van der Waals surface area (Å²) in [7, 11) is 0. The predicted molar refractivity (Wildman–Crippen MR) is 70.4 cm³/mol. The van der Waals surface area contributed by atoms with Gasteiger partial charge in [-0.15, -0.1) is 0 Å². The van der Waals surface area contributed by atoms with Gasteiger partial charge < -0.3 is 0 Å². The van der Waals surface area contributed by atoms with Gasteiger partial charge in [-0.2, -0.15) is 0 Å². The van der Waals surface area contributed by atoms with Crippen LogP contribution in [0, 0.1) is 3.57 Å². The molecular formula is C11H11IN4. The molecule has 4 nitrogen and oxygen atoms in total. The van der Waals surface area contributed by atoms with Crippen LogP contribution in [0.25, 0.3) is 0 Å². The average Bonchev–Trinajstić information content (AvgIpc) is 2.34. The Bertz CT molecular complexity index is 461. The molecule has 0 amide bonds. The van der Waals surface area contributed by atoms with Crippen LogP contribution in [0.4, 0.5) is 0 Å². The highest BCUT2D eigenvalue weighted by Gasteiger charge is 2.14. The number of hydrogen-bond donors (Lipinski definition) is 2. The summed E-state index contributed by atoms with van der Waals surface area (Å²) in [4.78, 5) is 8.00. The highest BCUT2D eigenvalue weighted by molar-refractivity contribution is 14.1. The lowest BCUT2D eigenvalue weighted by Gasteiger charge is -2.17. The van der Waals surface area contributed by atoms with Gasteiger partial charge in [0, 0.05) is 21.5 Å². The van der Waals surface area contributed by atoms with Gasteiger partial charge in [0.2, 0.25) is 0 Å². The van der Waals surface area contributed by atoms with Crippen molar-refractivity contribution in [2.45, 2.75) is 6.04 Å². The third-order valence-corrected chi connectivity index (χ3v) is 3.28. The largest absolute Gasteiger partial charge is 0.271 e. The first kappa shape index (κ1) is 11.4. The number of benzene rings is 1. The van der Waals surface area contributed by atoms with Gasteiger partial charge in [-0.1, -0.05) is 18.2 Å². The summed E-state index contributed by atoms with van der Waals surface area (Å²) in [6, 6.07) is 8.00. The lowest BCUT2D eigenvalue weighted by atomic mass is 10.0. The fourth-order valence-corrected chi connectivity index (χ4v) is 2.23. The SMILES string of the molecule is NNC(c1cncnc1)c1ccccc1I. The Balaban J connectivity index is 2.41. The van der Waals surface area contributed by atoms with Crippen molar-refractivity contribution in [1.82, 2.24) is 15.4 Å². The summed E-state index contributed by atoms with van der Waals surface area (Å²) in [5.41, 5.74) is 4.87. The van der Waals surface area contributed by atoms with E-state index < -0.39 is 0 Å². The maximum atomic E-state index is 5.60. The van der Waals surface area contributed by atoms with E-state index in [9.17, 15) is 0 Å². The maximum Gasteiger partial charge on any atom is 0.115 e. The van der Waals surface area contributed by atoms with Gasteiger partial charge in [0.15, 0.2) is 0 Å². The van der Waals surface area contributed by atoms with Crippen LogP contribution in [0.5, 0.6) is 0 Å². The van der Waals surface area contributed by atoms with Gasteiger partial charge in [-0.25, -0.2) is 15.4 Å². The molecule has 2 aromatic rings. The summed E-state index contributed by atoms with van der Waals surface area (Å²) in [5.74, 6) is 5.60. The average molecular weight is 326 g/mol. The molecule has 0 aliphatic carbocycles. The number of nitrogens with zero attached hydrogens (tertiary/aromatic N) is 2. The first-order valence-corrected chi connectivity index (χ1v) is 5.86. The number of halogens is 1. The van der Waals surface area contributed by atoms with Crippen molar-refractivity contribution in [2.75, 3.05) is 0 Å².